The maximum Gasteiger partial charge on any atom is 0.407 e. The summed E-state index contributed by atoms with van der Waals surface area (Å²) >= 11 is 0. The summed E-state index contributed by atoms with van der Waals surface area (Å²) in [6, 6.07) is 15.7. The molecule has 0 aliphatic heterocycles. The molecule has 120 valence electrons. The average molecular weight is 315 g/mol. The van der Waals surface area contributed by atoms with Gasteiger partial charge in [-0.05, 0) is 17.7 Å². The van der Waals surface area contributed by atoms with E-state index in [9.17, 15) is 9.59 Å². The molecule has 0 heterocycles. The molecular weight excluding hydrogens is 298 g/mol. The molecule has 0 saturated heterocycles. The van der Waals surface area contributed by atoms with Crippen LogP contribution in [0.4, 0.5) is 4.79 Å². The third-order valence-electron chi connectivity index (χ3n) is 2.96. The summed E-state index contributed by atoms with van der Waals surface area (Å²) in [5.41, 5.74) is 0.980. The number of hydrogen-bond acceptors (Lipinski definition) is 4. The highest BCUT2D eigenvalue weighted by Gasteiger charge is 2.10. The SMILES string of the molecule is O=C(NCCOc1ccccc1C(=O)O)OCc1ccccc1. The molecule has 0 aliphatic rings. The molecule has 23 heavy (non-hydrogen) atoms. The van der Waals surface area contributed by atoms with Gasteiger partial charge in [-0.25, -0.2) is 9.59 Å². The number of ether oxygens (including phenoxy) is 2. The Bertz CT molecular complexity index is 657. The van der Waals surface area contributed by atoms with E-state index < -0.39 is 12.1 Å². The zero-order valence-corrected chi connectivity index (χ0v) is 12.4. The second-order valence-electron chi connectivity index (χ2n) is 4.64. The minimum atomic E-state index is -1.06. The second-order valence-corrected chi connectivity index (χ2v) is 4.64. The first kappa shape index (κ1) is 16.4. The molecule has 0 fully saturated rings. The van der Waals surface area contributed by atoms with Crippen molar-refractivity contribution in [1.29, 1.82) is 0 Å². The lowest BCUT2D eigenvalue weighted by Gasteiger charge is -2.10. The molecule has 1 amide bonds. The van der Waals surface area contributed by atoms with E-state index in [4.69, 9.17) is 14.6 Å². The number of carboxylic acid groups (broad SMARTS) is 1. The van der Waals surface area contributed by atoms with Gasteiger partial charge in [0, 0.05) is 0 Å². The first-order valence-corrected chi connectivity index (χ1v) is 7.06. The van der Waals surface area contributed by atoms with E-state index in [0.29, 0.717) is 0 Å². The van der Waals surface area contributed by atoms with Crippen LogP contribution in [-0.4, -0.2) is 30.3 Å². The number of rotatable bonds is 7. The number of carbonyl (C=O) groups excluding carboxylic acids is 1. The van der Waals surface area contributed by atoms with Crippen molar-refractivity contribution in [3.8, 4) is 5.75 Å². The molecule has 0 aliphatic carbocycles. The lowest BCUT2D eigenvalue weighted by atomic mass is 10.2. The summed E-state index contributed by atoms with van der Waals surface area (Å²) < 4.78 is 10.4. The molecule has 0 saturated carbocycles. The van der Waals surface area contributed by atoms with E-state index in [1.54, 1.807) is 18.2 Å². The third kappa shape index (κ3) is 5.35. The van der Waals surface area contributed by atoms with Gasteiger partial charge in [-0.2, -0.15) is 0 Å². The van der Waals surface area contributed by atoms with Crippen LogP contribution in [-0.2, 0) is 11.3 Å². The van der Waals surface area contributed by atoms with Gasteiger partial charge in [-0.3, -0.25) is 0 Å². The lowest BCUT2D eigenvalue weighted by molar-refractivity contribution is 0.0692. The van der Waals surface area contributed by atoms with Crippen molar-refractivity contribution in [2.75, 3.05) is 13.2 Å². The molecule has 0 unspecified atom stereocenters. The van der Waals surface area contributed by atoms with Crippen LogP contribution in [0.25, 0.3) is 0 Å². The highest BCUT2D eigenvalue weighted by molar-refractivity contribution is 5.90. The van der Waals surface area contributed by atoms with Crippen molar-refractivity contribution in [1.82, 2.24) is 5.32 Å². The molecule has 0 bridgehead atoms. The maximum atomic E-state index is 11.5. The van der Waals surface area contributed by atoms with Crippen molar-refractivity contribution in [2.24, 2.45) is 0 Å². The number of para-hydroxylation sites is 1. The number of alkyl carbamates (subject to hydrolysis) is 1. The Balaban J connectivity index is 1.69. The van der Waals surface area contributed by atoms with E-state index in [1.807, 2.05) is 30.3 Å². The number of aromatic carboxylic acids is 1. The highest BCUT2D eigenvalue weighted by Crippen LogP contribution is 2.17. The van der Waals surface area contributed by atoms with E-state index in [-0.39, 0.29) is 31.1 Å². The minimum Gasteiger partial charge on any atom is -0.491 e. The number of hydrogen-bond donors (Lipinski definition) is 2. The maximum absolute atomic E-state index is 11.5. The smallest absolute Gasteiger partial charge is 0.407 e. The van der Waals surface area contributed by atoms with Gasteiger partial charge < -0.3 is 19.9 Å². The van der Waals surface area contributed by atoms with Crippen LogP contribution in [0.3, 0.4) is 0 Å². The van der Waals surface area contributed by atoms with Gasteiger partial charge in [0.1, 0.15) is 24.5 Å². The van der Waals surface area contributed by atoms with Crippen LogP contribution in [0.15, 0.2) is 54.6 Å². The van der Waals surface area contributed by atoms with Crippen LogP contribution in [0.5, 0.6) is 5.75 Å². The summed E-state index contributed by atoms with van der Waals surface area (Å²) in [4.78, 5) is 22.5. The zero-order chi connectivity index (χ0) is 16.5. The Morgan fingerprint density at radius 3 is 2.43 bits per heavy atom. The lowest BCUT2D eigenvalue weighted by Crippen LogP contribution is -2.28. The fourth-order valence-electron chi connectivity index (χ4n) is 1.86. The van der Waals surface area contributed by atoms with Crippen molar-refractivity contribution in [3.63, 3.8) is 0 Å². The summed E-state index contributed by atoms with van der Waals surface area (Å²) in [7, 11) is 0. The van der Waals surface area contributed by atoms with Gasteiger partial charge in [-0.1, -0.05) is 42.5 Å². The van der Waals surface area contributed by atoms with E-state index in [1.165, 1.54) is 6.07 Å². The van der Waals surface area contributed by atoms with Crippen molar-refractivity contribution in [3.05, 3.63) is 65.7 Å². The number of nitrogens with one attached hydrogen (secondary N) is 1. The molecule has 6 nitrogen and oxygen atoms in total. The Kier molecular flexibility index (Phi) is 5.99. The van der Waals surface area contributed by atoms with Crippen LogP contribution >= 0.6 is 0 Å². The Hall–Kier alpha value is -3.02. The van der Waals surface area contributed by atoms with Crippen LogP contribution < -0.4 is 10.1 Å². The van der Waals surface area contributed by atoms with Crippen molar-refractivity contribution < 1.29 is 24.2 Å². The molecule has 2 aromatic rings. The topological polar surface area (TPSA) is 84.9 Å². The monoisotopic (exact) mass is 315 g/mol. The van der Waals surface area contributed by atoms with Gasteiger partial charge in [0.2, 0.25) is 0 Å². The minimum absolute atomic E-state index is 0.0826. The number of benzene rings is 2. The van der Waals surface area contributed by atoms with E-state index >= 15 is 0 Å². The number of carboxylic acids is 1. The average Bonchev–Trinajstić information content (AvgIpc) is 2.58. The van der Waals surface area contributed by atoms with E-state index in [0.717, 1.165) is 5.56 Å². The summed E-state index contributed by atoms with van der Waals surface area (Å²) in [5.74, 6) is -0.796. The first-order chi connectivity index (χ1) is 11.2. The van der Waals surface area contributed by atoms with Gasteiger partial charge in [0.05, 0.1) is 6.54 Å². The van der Waals surface area contributed by atoms with Crippen LogP contribution in [0.2, 0.25) is 0 Å². The Morgan fingerprint density at radius 2 is 1.70 bits per heavy atom. The molecule has 0 spiro atoms. The second kappa shape index (κ2) is 8.43. The molecule has 0 aromatic heterocycles. The quantitative estimate of drug-likeness (QED) is 0.767. The van der Waals surface area contributed by atoms with Crippen molar-refractivity contribution >= 4 is 12.1 Å². The largest absolute Gasteiger partial charge is 0.491 e. The van der Waals surface area contributed by atoms with Gasteiger partial charge in [0.15, 0.2) is 0 Å². The summed E-state index contributed by atoms with van der Waals surface area (Å²) in [5, 5.41) is 11.6. The van der Waals surface area contributed by atoms with Crippen LogP contribution in [0.1, 0.15) is 15.9 Å². The Labute approximate surface area is 133 Å². The predicted octanol–water partition coefficient (Wildman–Crippen LogP) is 2.69. The fourth-order valence-corrected chi connectivity index (χ4v) is 1.86. The number of amides is 1. The zero-order valence-electron chi connectivity index (χ0n) is 12.4. The fraction of sp³-hybridized carbons (Fsp3) is 0.176. The Morgan fingerprint density at radius 1 is 1.00 bits per heavy atom. The first-order valence-electron chi connectivity index (χ1n) is 7.06. The third-order valence-corrected chi connectivity index (χ3v) is 2.96. The normalized spacial score (nSPS) is 9.91. The molecular formula is C17H17NO5. The molecule has 0 atom stereocenters. The van der Waals surface area contributed by atoms with Crippen LogP contribution in [0, 0.1) is 0 Å². The predicted molar refractivity (Wildman–Crippen MR) is 83.5 cm³/mol. The van der Waals surface area contributed by atoms with Gasteiger partial charge >= 0.3 is 12.1 Å². The van der Waals surface area contributed by atoms with Gasteiger partial charge in [0.25, 0.3) is 0 Å². The summed E-state index contributed by atoms with van der Waals surface area (Å²) in [6.45, 7) is 0.543. The van der Waals surface area contributed by atoms with E-state index in [2.05, 4.69) is 5.32 Å². The molecule has 2 N–H and O–H groups in total. The number of carbonyl (C=O) groups is 2. The molecule has 6 heteroatoms. The molecule has 2 rings (SSSR count). The van der Waals surface area contributed by atoms with Gasteiger partial charge in [-0.15, -0.1) is 0 Å². The van der Waals surface area contributed by atoms with Crippen molar-refractivity contribution in [2.45, 2.75) is 6.61 Å². The summed E-state index contributed by atoms with van der Waals surface area (Å²) in [6.07, 6.45) is -0.552. The molecule has 2 aromatic carbocycles. The highest BCUT2D eigenvalue weighted by atomic mass is 16.5. The molecule has 0 radical (unpaired) electrons. The standard InChI is InChI=1S/C17H17NO5/c19-16(20)14-8-4-5-9-15(14)22-11-10-18-17(21)23-12-13-6-2-1-3-7-13/h1-9H,10-12H2,(H,18,21)(H,19,20).